The molecule has 0 aliphatic carbocycles. The Morgan fingerprint density at radius 3 is 1.86 bits per heavy atom. The molecule has 0 saturated carbocycles. The van der Waals surface area contributed by atoms with Crippen molar-refractivity contribution in [3.05, 3.63) is 0 Å². The maximum atomic E-state index is 9.44. The van der Waals surface area contributed by atoms with E-state index in [0.717, 1.165) is 0 Å². The molecule has 0 aliphatic rings. The normalized spacial score (nSPS) is 7.86. The summed E-state index contributed by atoms with van der Waals surface area (Å²) in [6.07, 6.45) is 0. The third kappa shape index (κ3) is 6.82. The van der Waals surface area contributed by atoms with Crippen molar-refractivity contribution in [2.24, 2.45) is 0 Å². The van der Waals surface area contributed by atoms with E-state index in [2.05, 4.69) is 0 Å². The number of hydrogen-bond acceptors (Lipinski definition) is 1. The van der Waals surface area contributed by atoms with E-state index in [1.54, 1.807) is 0 Å². The Labute approximate surface area is 69.9 Å². The first-order chi connectivity index (χ1) is 2.64. The van der Waals surface area contributed by atoms with Crippen LogP contribution in [0.15, 0.2) is 0 Å². The maximum Gasteiger partial charge on any atom is 2.00 e. The summed E-state index contributed by atoms with van der Waals surface area (Å²) >= 11 is 9.56. The van der Waals surface area contributed by atoms with Crippen LogP contribution in [0.5, 0.6) is 0 Å². The quantitative estimate of drug-likeness (QED) is 0.447. The molecule has 2 nitrogen and oxygen atoms in total. The summed E-state index contributed by atoms with van der Waals surface area (Å²) < 4.78 is 0. The summed E-state index contributed by atoms with van der Waals surface area (Å²) in [6, 6.07) is 0. The number of alkyl halides is 2. The molecule has 0 aromatic heterocycles. The first-order valence-electron chi connectivity index (χ1n) is 1.15. The SMILES string of the molecule is O=C(O)C(Cl)Cl.[H-].[H-].[Mg+2]. The molecule has 0 saturated heterocycles. The Morgan fingerprint density at radius 2 is 1.86 bits per heavy atom. The Bertz CT molecular complexity index is 71.6. The summed E-state index contributed by atoms with van der Waals surface area (Å²) in [4.78, 5) is 8.15. The Morgan fingerprint density at radius 1 is 1.71 bits per heavy atom. The zero-order valence-electron chi connectivity index (χ0n) is 5.40. The first kappa shape index (κ1) is 10.7. The van der Waals surface area contributed by atoms with Crippen LogP contribution in [0.4, 0.5) is 0 Å². The zero-order valence-corrected chi connectivity index (χ0v) is 6.32. The van der Waals surface area contributed by atoms with E-state index in [-0.39, 0.29) is 25.9 Å². The summed E-state index contributed by atoms with van der Waals surface area (Å²) in [5.41, 5.74) is 0. The van der Waals surface area contributed by atoms with Gasteiger partial charge in [0.1, 0.15) is 0 Å². The van der Waals surface area contributed by atoms with Gasteiger partial charge in [-0.05, 0) is 0 Å². The summed E-state index contributed by atoms with van der Waals surface area (Å²) in [5.74, 6) is -1.21. The van der Waals surface area contributed by atoms with Gasteiger partial charge in [-0.2, -0.15) is 0 Å². The molecule has 0 unspecified atom stereocenters. The molecule has 40 valence electrons. The van der Waals surface area contributed by atoms with E-state index in [1.165, 1.54) is 0 Å². The van der Waals surface area contributed by atoms with Gasteiger partial charge < -0.3 is 7.96 Å². The van der Waals surface area contributed by atoms with Crippen LogP contribution in [-0.4, -0.2) is 39.0 Å². The van der Waals surface area contributed by atoms with Crippen molar-refractivity contribution in [2.45, 2.75) is 4.84 Å². The van der Waals surface area contributed by atoms with Crippen molar-refractivity contribution in [1.29, 1.82) is 0 Å². The molecule has 0 aromatic carbocycles. The minimum atomic E-state index is -1.29. The summed E-state index contributed by atoms with van der Waals surface area (Å²) in [7, 11) is 0. The number of aliphatic carboxylic acids is 1. The van der Waals surface area contributed by atoms with Crippen LogP contribution < -0.4 is 0 Å². The molecule has 0 fully saturated rings. The number of halogens is 2. The topological polar surface area (TPSA) is 37.3 Å². The maximum absolute atomic E-state index is 9.44. The fourth-order valence-electron chi connectivity index (χ4n) is 0. The standard InChI is InChI=1S/C2H2Cl2O2.Mg.2H/c3-1(4)2(5)6;;;/h1H,(H,5,6);;;/q;+2;2*-1. The fraction of sp³-hybridized carbons (Fsp3) is 0.500. The van der Waals surface area contributed by atoms with Crippen LogP contribution in [-0.2, 0) is 4.79 Å². The summed E-state index contributed by atoms with van der Waals surface area (Å²) in [6.45, 7) is 0. The van der Waals surface area contributed by atoms with Crippen molar-refractivity contribution in [3.8, 4) is 0 Å². The van der Waals surface area contributed by atoms with E-state index < -0.39 is 10.8 Å². The van der Waals surface area contributed by atoms with E-state index in [1.807, 2.05) is 0 Å². The van der Waals surface area contributed by atoms with E-state index in [4.69, 9.17) is 28.3 Å². The molecule has 7 heavy (non-hydrogen) atoms. The van der Waals surface area contributed by atoms with Crippen LogP contribution in [0.25, 0.3) is 0 Å². The van der Waals surface area contributed by atoms with Gasteiger partial charge in [0.2, 0.25) is 4.84 Å². The second-order valence-corrected chi connectivity index (χ2v) is 1.74. The van der Waals surface area contributed by atoms with Gasteiger partial charge in [-0.3, -0.25) is 0 Å². The van der Waals surface area contributed by atoms with Crippen LogP contribution in [0.2, 0.25) is 0 Å². The Kier molecular flexibility index (Phi) is 7.61. The molecule has 0 aromatic rings. The predicted octanol–water partition coefficient (Wildman–Crippen LogP) is 0.719. The minimum Gasteiger partial charge on any atom is -1.00 e. The molecule has 1 N–H and O–H groups in total. The van der Waals surface area contributed by atoms with Crippen molar-refractivity contribution in [3.63, 3.8) is 0 Å². The average molecular weight is 155 g/mol. The number of carboxylic acids is 1. The van der Waals surface area contributed by atoms with Gasteiger partial charge in [-0.15, -0.1) is 0 Å². The second kappa shape index (κ2) is 4.96. The molecule has 0 atom stereocenters. The molecular weight excluding hydrogens is 151 g/mol. The van der Waals surface area contributed by atoms with E-state index in [9.17, 15) is 4.79 Å². The molecule has 0 rings (SSSR count). The Balaban J connectivity index is -0.0000000417. The Hall–Kier alpha value is 0.816. The van der Waals surface area contributed by atoms with Crippen molar-refractivity contribution in [1.82, 2.24) is 0 Å². The van der Waals surface area contributed by atoms with Crippen molar-refractivity contribution < 1.29 is 12.8 Å². The minimum absolute atomic E-state index is 0. The molecule has 0 spiro atoms. The van der Waals surface area contributed by atoms with E-state index >= 15 is 0 Å². The molecule has 0 amide bonds. The van der Waals surface area contributed by atoms with Gasteiger partial charge >= 0.3 is 29.0 Å². The predicted molar refractivity (Wildman–Crippen MR) is 31.1 cm³/mol. The smallest absolute Gasteiger partial charge is 1.00 e. The molecule has 0 radical (unpaired) electrons. The van der Waals surface area contributed by atoms with Crippen LogP contribution in [0.3, 0.4) is 0 Å². The third-order valence-electron chi connectivity index (χ3n) is 0.187. The number of rotatable bonds is 1. The molecular formula is C2H4Cl2MgO2. The van der Waals surface area contributed by atoms with E-state index in [0.29, 0.717) is 0 Å². The second-order valence-electron chi connectivity index (χ2n) is 0.639. The third-order valence-corrected chi connectivity index (χ3v) is 0.560. The van der Waals surface area contributed by atoms with Gasteiger partial charge in [0, 0.05) is 0 Å². The largest absolute Gasteiger partial charge is 2.00 e. The number of hydrogen-bond donors (Lipinski definition) is 1. The average Bonchev–Trinajstić information content (AvgIpc) is 1.36. The van der Waals surface area contributed by atoms with Crippen LogP contribution in [0.1, 0.15) is 2.85 Å². The van der Waals surface area contributed by atoms with Crippen molar-refractivity contribution >= 4 is 52.2 Å². The molecule has 0 aliphatic heterocycles. The first-order valence-corrected chi connectivity index (χ1v) is 2.03. The molecule has 0 heterocycles. The van der Waals surface area contributed by atoms with Gasteiger partial charge in [0.15, 0.2) is 0 Å². The van der Waals surface area contributed by atoms with Crippen LogP contribution in [0, 0.1) is 0 Å². The zero-order chi connectivity index (χ0) is 5.15. The summed E-state index contributed by atoms with van der Waals surface area (Å²) in [5, 5.41) is 7.73. The van der Waals surface area contributed by atoms with Crippen molar-refractivity contribution in [2.75, 3.05) is 0 Å². The number of carboxylic acid groups (broad SMARTS) is 1. The van der Waals surface area contributed by atoms with Crippen LogP contribution >= 0.6 is 23.2 Å². The number of carbonyl (C=O) groups is 1. The monoisotopic (exact) mass is 154 g/mol. The fourth-order valence-corrected chi connectivity index (χ4v) is 0. The molecule has 5 heteroatoms. The van der Waals surface area contributed by atoms with Gasteiger partial charge in [0.05, 0.1) is 0 Å². The molecule has 0 bridgehead atoms. The van der Waals surface area contributed by atoms with Gasteiger partial charge in [-0.1, -0.05) is 23.2 Å². The van der Waals surface area contributed by atoms with Gasteiger partial charge in [0.25, 0.3) is 0 Å². The van der Waals surface area contributed by atoms with Gasteiger partial charge in [-0.25, -0.2) is 4.79 Å².